The minimum Gasteiger partial charge on any atom is -0.491 e. The van der Waals surface area contributed by atoms with Crippen LogP contribution in [0.1, 0.15) is 37.7 Å². The number of likely N-dealkylation sites (tertiary alicyclic amines) is 2. The molecule has 2 saturated heterocycles. The van der Waals surface area contributed by atoms with Gasteiger partial charge in [0.05, 0.1) is 24.4 Å². The Morgan fingerprint density at radius 2 is 1.74 bits per heavy atom. The number of amides is 2. The second-order valence-corrected chi connectivity index (χ2v) is 13.5. The molecule has 0 unspecified atom stereocenters. The number of hydrogen-bond acceptors (Lipinski definition) is 11. The highest BCUT2D eigenvalue weighted by molar-refractivity contribution is 6.01. The third-order valence-corrected chi connectivity index (χ3v) is 10.2. The standard InChI is InChI=1S/C39H46N8O6/c1-4-40-38-45-44-36(53-38)29-7-5-26(6-8-29)27-15-18-47(19-16-27)34(48)24-46-20-17-39(25-46,51-3)37(49)41-30-11-14-33-32(23-30)35(43-42-33)28-9-12-31(13-10-28)52-22-21-50-2/h5-14,23,27H,4,15-22,24-25H2,1-3H3,(H,40,45)(H,41,49)(H,42,43)/t39-/m0/s1. The van der Waals surface area contributed by atoms with Crippen LogP contribution >= 0.6 is 0 Å². The maximum atomic E-state index is 13.8. The number of aromatic nitrogens is 4. The number of rotatable bonds is 14. The monoisotopic (exact) mass is 722 g/mol. The highest BCUT2D eigenvalue weighted by atomic mass is 16.5. The van der Waals surface area contributed by atoms with Crippen LogP contribution in [-0.2, 0) is 19.1 Å². The Labute approximate surface area is 308 Å². The molecule has 2 aliphatic heterocycles. The summed E-state index contributed by atoms with van der Waals surface area (Å²) in [5, 5.41) is 22.7. The lowest BCUT2D eigenvalue weighted by molar-refractivity contribution is -0.138. The van der Waals surface area contributed by atoms with Gasteiger partial charge in [-0.2, -0.15) is 5.10 Å². The average molecular weight is 723 g/mol. The van der Waals surface area contributed by atoms with Crippen molar-refractivity contribution in [3.05, 3.63) is 72.3 Å². The number of carbonyl (C=O) groups is 2. The Morgan fingerprint density at radius 3 is 2.47 bits per heavy atom. The number of fused-ring (bicyclic) bond motifs is 1. The summed E-state index contributed by atoms with van der Waals surface area (Å²) >= 11 is 0. The minimum absolute atomic E-state index is 0.0755. The lowest BCUT2D eigenvalue weighted by Crippen LogP contribution is -2.48. The van der Waals surface area contributed by atoms with Gasteiger partial charge in [-0.15, -0.1) is 5.10 Å². The largest absolute Gasteiger partial charge is 0.491 e. The molecule has 53 heavy (non-hydrogen) atoms. The number of anilines is 2. The summed E-state index contributed by atoms with van der Waals surface area (Å²) in [6.07, 6.45) is 2.26. The Balaban J connectivity index is 0.916. The molecule has 14 heteroatoms. The van der Waals surface area contributed by atoms with Crippen LogP contribution in [0.2, 0.25) is 0 Å². The van der Waals surface area contributed by atoms with Crippen LogP contribution in [-0.4, -0.2) is 114 Å². The molecule has 5 aromatic rings. The second-order valence-electron chi connectivity index (χ2n) is 13.5. The lowest BCUT2D eigenvalue weighted by atomic mass is 9.89. The molecule has 1 atom stereocenters. The van der Waals surface area contributed by atoms with Crippen molar-refractivity contribution in [1.82, 2.24) is 30.2 Å². The highest BCUT2D eigenvalue weighted by Crippen LogP contribution is 2.33. The zero-order valence-corrected chi connectivity index (χ0v) is 30.4. The number of carbonyl (C=O) groups excluding carboxylic acids is 2. The van der Waals surface area contributed by atoms with Gasteiger partial charge in [-0.05, 0) is 92.3 Å². The van der Waals surface area contributed by atoms with E-state index in [2.05, 4.69) is 43.2 Å². The third-order valence-electron chi connectivity index (χ3n) is 10.2. The molecule has 14 nitrogen and oxygen atoms in total. The molecule has 0 bridgehead atoms. The number of benzene rings is 3. The first-order chi connectivity index (χ1) is 25.9. The Kier molecular flexibility index (Phi) is 11.0. The van der Waals surface area contributed by atoms with Gasteiger partial charge in [0.25, 0.3) is 5.91 Å². The van der Waals surface area contributed by atoms with Crippen molar-refractivity contribution < 1.29 is 28.2 Å². The molecular formula is C39H46N8O6. The number of aromatic amines is 1. The summed E-state index contributed by atoms with van der Waals surface area (Å²) in [6.45, 7) is 6.22. The van der Waals surface area contributed by atoms with E-state index >= 15 is 0 Å². The van der Waals surface area contributed by atoms with Gasteiger partial charge < -0.3 is 34.2 Å². The predicted molar refractivity (Wildman–Crippen MR) is 201 cm³/mol. The molecule has 7 rings (SSSR count). The van der Waals surface area contributed by atoms with Gasteiger partial charge in [0, 0.05) is 69.1 Å². The summed E-state index contributed by atoms with van der Waals surface area (Å²) in [7, 11) is 3.20. The van der Waals surface area contributed by atoms with E-state index in [9.17, 15) is 9.59 Å². The van der Waals surface area contributed by atoms with Gasteiger partial charge in [0.1, 0.15) is 12.4 Å². The van der Waals surface area contributed by atoms with Crippen molar-refractivity contribution in [2.24, 2.45) is 0 Å². The molecular weight excluding hydrogens is 676 g/mol. The normalized spacial score (nSPS) is 18.1. The van der Waals surface area contributed by atoms with E-state index in [1.165, 1.54) is 5.56 Å². The second kappa shape index (κ2) is 16.1. The van der Waals surface area contributed by atoms with Gasteiger partial charge in [-0.3, -0.25) is 19.6 Å². The predicted octanol–water partition coefficient (Wildman–Crippen LogP) is 5.17. The van der Waals surface area contributed by atoms with E-state index in [0.29, 0.717) is 75.9 Å². The fourth-order valence-corrected chi connectivity index (χ4v) is 7.16. The summed E-state index contributed by atoms with van der Waals surface area (Å²) in [5.41, 5.74) is 4.23. The summed E-state index contributed by atoms with van der Waals surface area (Å²) in [6, 6.07) is 22.0. The van der Waals surface area contributed by atoms with Crippen molar-refractivity contribution in [3.8, 4) is 28.5 Å². The first kappa shape index (κ1) is 36.1. The molecule has 0 spiro atoms. The molecule has 278 valence electrons. The topological polar surface area (TPSA) is 160 Å². The zero-order chi connectivity index (χ0) is 36.8. The van der Waals surface area contributed by atoms with E-state index in [4.69, 9.17) is 18.6 Å². The molecule has 0 radical (unpaired) electrons. The number of ether oxygens (including phenoxy) is 3. The first-order valence-corrected chi connectivity index (χ1v) is 18.1. The van der Waals surface area contributed by atoms with Gasteiger partial charge in [-0.1, -0.05) is 17.2 Å². The number of nitrogens with zero attached hydrogens (tertiary/aromatic N) is 5. The number of nitrogens with one attached hydrogen (secondary N) is 3. The molecule has 2 amide bonds. The quantitative estimate of drug-likeness (QED) is 0.130. The Hall–Kier alpha value is -5.31. The number of piperidine rings is 1. The van der Waals surface area contributed by atoms with Crippen LogP contribution in [0.3, 0.4) is 0 Å². The summed E-state index contributed by atoms with van der Waals surface area (Å²) in [5.74, 6) is 1.44. The maximum Gasteiger partial charge on any atom is 0.315 e. The van der Waals surface area contributed by atoms with Crippen molar-refractivity contribution in [1.29, 1.82) is 0 Å². The maximum absolute atomic E-state index is 13.8. The average Bonchev–Trinajstić information content (AvgIpc) is 3.95. The van der Waals surface area contributed by atoms with Gasteiger partial charge in [0.2, 0.25) is 11.8 Å². The smallest absolute Gasteiger partial charge is 0.315 e. The molecule has 3 N–H and O–H groups in total. The highest BCUT2D eigenvalue weighted by Gasteiger charge is 2.45. The minimum atomic E-state index is -1.07. The van der Waals surface area contributed by atoms with Crippen LogP contribution in [0.15, 0.2) is 71.1 Å². The molecule has 2 aromatic heterocycles. The Bertz CT molecular complexity index is 2000. The van der Waals surface area contributed by atoms with Crippen LogP contribution in [0, 0.1) is 0 Å². The van der Waals surface area contributed by atoms with E-state index in [1.54, 1.807) is 14.2 Å². The zero-order valence-electron chi connectivity index (χ0n) is 30.4. The molecule has 4 heterocycles. The molecule has 3 aromatic carbocycles. The van der Waals surface area contributed by atoms with E-state index in [1.807, 2.05) is 71.3 Å². The van der Waals surface area contributed by atoms with E-state index < -0.39 is 5.60 Å². The molecule has 2 fully saturated rings. The van der Waals surface area contributed by atoms with E-state index in [-0.39, 0.29) is 18.4 Å². The van der Waals surface area contributed by atoms with Gasteiger partial charge in [0.15, 0.2) is 5.60 Å². The Morgan fingerprint density at radius 1 is 0.962 bits per heavy atom. The fraction of sp³-hybridized carbons (Fsp3) is 0.410. The molecule has 0 saturated carbocycles. The molecule has 2 aliphatic rings. The van der Waals surface area contributed by atoms with Crippen LogP contribution in [0.4, 0.5) is 11.7 Å². The number of hydrogen-bond donors (Lipinski definition) is 3. The van der Waals surface area contributed by atoms with Crippen molar-refractivity contribution >= 4 is 34.4 Å². The first-order valence-electron chi connectivity index (χ1n) is 18.1. The third kappa shape index (κ3) is 8.04. The van der Waals surface area contributed by atoms with Crippen LogP contribution in [0.25, 0.3) is 33.6 Å². The SMILES string of the molecule is CCNc1nnc(-c2ccc(C3CCN(C(=O)CN4CC[C@@](OC)(C(=O)Nc5ccc6[nH]nc(-c7ccc(OCCOC)cc7)c6c5)C4)CC3)cc2)o1. The van der Waals surface area contributed by atoms with Crippen molar-refractivity contribution in [2.45, 2.75) is 37.7 Å². The van der Waals surface area contributed by atoms with Crippen molar-refractivity contribution in [3.63, 3.8) is 0 Å². The number of methoxy groups -OCH3 is 2. The molecule has 0 aliphatic carbocycles. The fourth-order valence-electron chi connectivity index (χ4n) is 7.16. The number of H-pyrrole nitrogens is 1. The van der Waals surface area contributed by atoms with Gasteiger partial charge in [-0.25, -0.2) is 0 Å². The van der Waals surface area contributed by atoms with E-state index in [0.717, 1.165) is 46.3 Å². The lowest BCUT2D eigenvalue weighted by Gasteiger charge is -2.33. The summed E-state index contributed by atoms with van der Waals surface area (Å²) < 4.78 is 22.3. The van der Waals surface area contributed by atoms with Gasteiger partial charge >= 0.3 is 6.01 Å². The van der Waals surface area contributed by atoms with Crippen molar-refractivity contribution in [2.75, 3.05) is 77.3 Å². The van der Waals surface area contributed by atoms with Crippen LogP contribution in [0.5, 0.6) is 5.75 Å². The summed E-state index contributed by atoms with van der Waals surface area (Å²) in [4.78, 5) is 31.1. The van der Waals surface area contributed by atoms with Crippen LogP contribution < -0.4 is 15.4 Å².